The van der Waals surface area contributed by atoms with Gasteiger partial charge in [0.25, 0.3) is 0 Å². The first-order valence-electron chi connectivity index (χ1n) is 2.69. The minimum absolute atomic E-state index is 0.0189. The van der Waals surface area contributed by atoms with E-state index in [9.17, 15) is 13.9 Å². The monoisotopic (exact) mass is 161 g/mol. The number of carbonyl (C=O) groups excluding carboxylic acids is 1. The highest BCUT2D eigenvalue weighted by Gasteiger charge is 1.94. The van der Waals surface area contributed by atoms with Crippen LogP contribution in [0.5, 0.6) is 0 Å². The molecule has 0 saturated carbocycles. The van der Waals surface area contributed by atoms with Crippen LogP contribution in [-0.2, 0) is 13.9 Å². The lowest BCUT2D eigenvalue weighted by Gasteiger charge is -1.93. The van der Waals surface area contributed by atoms with E-state index in [4.69, 9.17) is 0 Å². The molecule has 0 heterocycles. The molecule has 4 nitrogen and oxygen atoms in total. The summed E-state index contributed by atoms with van der Waals surface area (Å²) in [6, 6.07) is 0. The Labute approximate surface area is 59.1 Å². The van der Waals surface area contributed by atoms with Gasteiger partial charge in [-0.1, -0.05) is 6.58 Å². The SMILES string of the molecule is C=CC(=O)NCCP(=O)=O. The highest BCUT2D eigenvalue weighted by atomic mass is 31.1. The van der Waals surface area contributed by atoms with Crippen LogP contribution in [-0.4, -0.2) is 18.6 Å². The Kier molecular flexibility index (Phi) is 4.50. The van der Waals surface area contributed by atoms with Gasteiger partial charge in [0.1, 0.15) is 0 Å². The van der Waals surface area contributed by atoms with Gasteiger partial charge in [0.15, 0.2) is 0 Å². The molecule has 0 unspecified atom stereocenters. The predicted octanol–water partition coefficient (Wildman–Crippen LogP) is 0.461. The van der Waals surface area contributed by atoms with Crippen LogP contribution in [0.1, 0.15) is 0 Å². The first-order valence-corrected chi connectivity index (χ1v) is 4.05. The fourth-order valence-electron chi connectivity index (χ4n) is 0.343. The summed E-state index contributed by atoms with van der Waals surface area (Å²) < 4.78 is 19.9. The van der Waals surface area contributed by atoms with Crippen LogP contribution in [0.4, 0.5) is 0 Å². The molecule has 0 aliphatic rings. The minimum atomic E-state index is -2.39. The zero-order valence-electron chi connectivity index (χ0n) is 5.37. The van der Waals surface area contributed by atoms with Crippen molar-refractivity contribution in [1.29, 1.82) is 0 Å². The maximum Gasteiger partial charge on any atom is 0.317 e. The number of rotatable bonds is 4. The van der Waals surface area contributed by atoms with Crippen molar-refractivity contribution < 1.29 is 13.9 Å². The number of hydrogen-bond acceptors (Lipinski definition) is 3. The van der Waals surface area contributed by atoms with E-state index < -0.39 is 7.68 Å². The van der Waals surface area contributed by atoms with Crippen LogP contribution in [0.25, 0.3) is 0 Å². The fourth-order valence-corrected chi connectivity index (χ4v) is 0.637. The van der Waals surface area contributed by atoms with Crippen molar-refractivity contribution in [1.82, 2.24) is 5.32 Å². The number of nitrogens with one attached hydrogen (secondary N) is 1. The van der Waals surface area contributed by atoms with E-state index in [1.54, 1.807) is 0 Å². The van der Waals surface area contributed by atoms with Gasteiger partial charge in [-0.15, -0.1) is 0 Å². The molecular formula is C5H8NO3P. The fraction of sp³-hybridized carbons (Fsp3) is 0.400. The maximum absolute atomic E-state index is 10.4. The van der Waals surface area contributed by atoms with E-state index in [1.165, 1.54) is 0 Å². The standard InChI is InChI=1S/C5H8NO3P/c1-2-5(7)6-3-4-10(8)9/h2H,1,3-4H2,(H,6,7). The summed E-state index contributed by atoms with van der Waals surface area (Å²) in [7, 11) is -2.39. The lowest BCUT2D eigenvalue weighted by atomic mass is 10.6. The van der Waals surface area contributed by atoms with E-state index in [-0.39, 0.29) is 18.6 Å². The molecular weight excluding hydrogens is 153 g/mol. The maximum atomic E-state index is 10.4. The van der Waals surface area contributed by atoms with Crippen molar-refractivity contribution in [2.45, 2.75) is 0 Å². The summed E-state index contributed by atoms with van der Waals surface area (Å²) in [4.78, 5) is 10.4. The van der Waals surface area contributed by atoms with E-state index in [1.807, 2.05) is 0 Å². The average molecular weight is 161 g/mol. The Morgan fingerprint density at radius 3 is 2.60 bits per heavy atom. The van der Waals surface area contributed by atoms with Gasteiger partial charge < -0.3 is 5.32 Å². The van der Waals surface area contributed by atoms with Crippen LogP contribution < -0.4 is 5.32 Å². The molecule has 0 aliphatic carbocycles. The highest BCUT2D eigenvalue weighted by molar-refractivity contribution is 7.30. The molecule has 0 rings (SSSR count). The molecule has 10 heavy (non-hydrogen) atoms. The third kappa shape index (κ3) is 5.25. The third-order valence-electron chi connectivity index (χ3n) is 0.779. The summed E-state index contributed by atoms with van der Waals surface area (Å²) >= 11 is 0. The Balaban J connectivity index is 3.37. The second kappa shape index (κ2) is 4.94. The van der Waals surface area contributed by atoms with Crippen LogP contribution >= 0.6 is 7.68 Å². The summed E-state index contributed by atoms with van der Waals surface area (Å²) in [6.07, 6.45) is 1.08. The number of carbonyl (C=O) groups is 1. The van der Waals surface area contributed by atoms with Crippen LogP contribution in [0.3, 0.4) is 0 Å². The summed E-state index contributed by atoms with van der Waals surface area (Å²) in [5, 5.41) is 2.32. The smallest absolute Gasteiger partial charge is 0.317 e. The Morgan fingerprint density at radius 2 is 2.20 bits per heavy atom. The van der Waals surface area contributed by atoms with E-state index in [2.05, 4.69) is 11.9 Å². The molecule has 1 N–H and O–H groups in total. The molecule has 0 aliphatic heterocycles. The molecule has 0 aromatic rings. The molecule has 5 heteroatoms. The molecule has 0 atom stereocenters. The number of hydrogen-bond donors (Lipinski definition) is 1. The van der Waals surface area contributed by atoms with Gasteiger partial charge in [0, 0.05) is 6.54 Å². The largest absolute Gasteiger partial charge is 0.352 e. The Hall–Kier alpha value is -0.890. The van der Waals surface area contributed by atoms with Gasteiger partial charge in [0.05, 0.1) is 6.16 Å². The minimum Gasteiger partial charge on any atom is -0.352 e. The summed E-state index contributed by atoms with van der Waals surface area (Å²) in [5.74, 6) is -0.350. The molecule has 0 fully saturated rings. The van der Waals surface area contributed by atoms with Gasteiger partial charge in [-0.3, -0.25) is 4.79 Å². The molecule has 56 valence electrons. The van der Waals surface area contributed by atoms with Crippen molar-refractivity contribution >= 4 is 13.6 Å². The van der Waals surface area contributed by atoms with Crippen molar-refractivity contribution in [2.24, 2.45) is 0 Å². The highest BCUT2D eigenvalue weighted by Crippen LogP contribution is 1.98. The van der Waals surface area contributed by atoms with Gasteiger partial charge >= 0.3 is 7.68 Å². The first-order chi connectivity index (χ1) is 4.66. The molecule has 0 aromatic carbocycles. The normalized spacial score (nSPS) is 8.40. The summed E-state index contributed by atoms with van der Waals surface area (Å²) in [6.45, 7) is 3.35. The quantitative estimate of drug-likeness (QED) is 0.481. The van der Waals surface area contributed by atoms with Crippen molar-refractivity contribution in [3.8, 4) is 0 Å². The average Bonchev–Trinajstić information content (AvgIpc) is 1.87. The zero-order chi connectivity index (χ0) is 7.98. The third-order valence-corrected chi connectivity index (χ3v) is 1.37. The molecule has 1 amide bonds. The Bertz CT molecular complexity index is 189. The van der Waals surface area contributed by atoms with Gasteiger partial charge in [-0.2, -0.15) is 0 Å². The summed E-state index contributed by atoms with van der Waals surface area (Å²) in [5.41, 5.74) is 0. The lowest BCUT2D eigenvalue weighted by Crippen LogP contribution is -2.22. The van der Waals surface area contributed by atoms with Crippen LogP contribution in [0.2, 0.25) is 0 Å². The van der Waals surface area contributed by atoms with Gasteiger partial charge in [-0.05, 0) is 6.08 Å². The van der Waals surface area contributed by atoms with E-state index in [0.717, 1.165) is 6.08 Å². The van der Waals surface area contributed by atoms with Crippen LogP contribution in [0.15, 0.2) is 12.7 Å². The second-order valence-corrected chi connectivity index (χ2v) is 2.66. The van der Waals surface area contributed by atoms with Gasteiger partial charge in [-0.25, -0.2) is 9.13 Å². The molecule has 0 spiro atoms. The lowest BCUT2D eigenvalue weighted by molar-refractivity contribution is -0.116. The van der Waals surface area contributed by atoms with Crippen molar-refractivity contribution in [2.75, 3.05) is 12.7 Å². The van der Waals surface area contributed by atoms with Crippen molar-refractivity contribution in [3.63, 3.8) is 0 Å². The van der Waals surface area contributed by atoms with Crippen molar-refractivity contribution in [3.05, 3.63) is 12.7 Å². The molecule has 0 aromatic heterocycles. The molecule has 0 saturated heterocycles. The molecule has 0 radical (unpaired) electrons. The second-order valence-electron chi connectivity index (χ2n) is 1.55. The zero-order valence-corrected chi connectivity index (χ0v) is 6.27. The topological polar surface area (TPSA) is 63.2 Å². The predicted molar refractivity (Wildman–Crippen MR) is 36.4 cm³/mol. The van der Waals surface area contributed by atoms with Crippen LogP contribution in [0, 0.1) is 0 Å². The number of amides is 1. The first kappa shape index (κ1) is 9.11. The van der Waals surface area contributed by atoms with E-state index in [0.29, 0.717) is 0 Å². The van der Waals surface area contributed by atoms with E-state index >= 15 is 0 Å². The Morgan fingerprint density at radius 1 is 1.60 bits per heavy atom. The molecule has 0 bridgehead atoms. The van der Waals surface area contributed by atoms with Gasteiger partial charge in [0.2, 0.25) is 5.91 Å².